The monoisotopic (exact) mass is 378 g/mol. The summed E-state index contributed by atoms with van der Waals surface area (Å²) in [7, 11) is 3.03. The van der Waals surface area contributed by atoms with E-state index in [0.29, 0.717) is 29.3 Å². The molecule has 3 rings (SSSR count). The molecule has 0 radical (unpaired) electrons. The summed E-state index contributed by atoms with van der Waals surface area (Å²) in [5.41, 5.74) is 2.05. The summed E-state index contributed by atoms with van der Waals surface area (Å²) in [6, 6.07) is 8.67. The highest BCUT2D eigenvalue weighted by molar-refractivity contribution is 6.47. The average molecular weight is 378 g/mol. The molecule has 2 N–H and O–H groups in total. The van der Waals surface area contributed by atoms with Crippen LogP contribution in [-0.2, 0) is 0 Å². The van der Waals surface area contributed by atoms with E-state index < -0.39 is 11.7 Å². The van der Waals surface area contributed by atoms with Gasteiger partial charge in [-0.1, -0.05) is 6.92 Å². The Morgan fingerprint density at radius 3 is 2.57 bits per heavy atom. The highest BCUT2D eigenvalue weighted by Crippen LogP contribution is 2.28. The smallest absolute Gasteiger partial charge is 0.210 e. The summed E-state index contributed by atoms with van der Waals surface area (Å²) in [5, 5.41) is 8.50. The molecule has 0 fully saturated rings. The number of aromatic nitrogens is 3. The maximum absolute atomic E-state index is 13.0. The number of carbonyl (C=O) groups excluding carboxylic acids is 1. The molecule has 0 aliphatic rings. The van der Waals surface area contributed by atoms with Crippen LogP contribution in [0.15, 0.2) is 48.9 Å². The topological polar surface area (TPSA) is 101 Å². The van der Waals surface area contributed by atoms with Gasteiger partial charge in [0.15, 0.2) is 0 Å². The third-order valence-electron chi connectivity index (χ3n) is 4.57. The number of benzene rings is 1. The number of hydrogen-bond acceptors (Lipinski definition) is 6. The van der Waals surface area contributed by atoms with E-state index >= 15 is 0 Å². The van der Waals surface area contributed by atoms with Crippen molar-refractivity contribution in [1.29, 1.82) is 5.41 Å². The summed E-state index contributed by atoms with van der Waals surface area (Å²) in [6.45, 7) is 1.92. The van der Waals surface area contributed by atoms with Crippen molar-refractivity contribution in [1.82, 2.24) is 15.0 Å². The summed E-state index contributed by atoms with van der Waals surface area (Å²) >= 11 is 0. The van der Waals surface area contributed by atoms with Gasteiger partial charge < -0.3 is 19.9 Å². The number of rotatable bonds is 8. The van der Waals surface area contributed by atoms with Gasteiger partial charge in [-0.15, -0.1) is 0 Å². The number of nitrogens with one attached hydrogen (secondary N) is 2. The van der Waals surface area contributed by atoms with Gasteiger partial charge in [0.25, 0.3) is 0 Å². The van der Waals surface area contributed by atoms with E-state index in [4.69, 9.17) is 14.9 Å². The van der Waals surface area contributed by atoms with Crippen molar-refractivity contribution in [2.75, 3.05) is 14.2 Å². The minimum absolute atomic E-state index is 0.0402. The molecule has 0 aliphatic carbocycles. The second-order valence-electron chi connectivity index (χ2n) is 6.19. The van der Waals surface area contributed by atoms with Crippen molar-refractivity contribution in [2.24, 2.45) is 0 Å². The second kappa shape index (κ2) is 8.47. The molecular weight excluding hydrogens is 356 g/mol. The number of nitrogens with zero attached hydrogens (tertiary/aromatic N) is 2. The summed E-state index contributed by atoms with van der Waals surface area (Å²) in [4.78, 5) is 24.6. The number of H-pyrrole nitrogens is 1. The van der Waals surface area contributed by atoms with Gasteiger partial charge in [-0.2, -0.15) is 0 Å². The highest BCUT2D eigenvalue weighted by Gasteiger charge is 2.27. The maximum atomic E-state index is 13.0. The fourth-order valence-corrected chi connectivity index (χ4v) is 3.02. The molecule has 0 saturated carbocycles. The van der Waals surface area contributed by atoms with E-state index in [-0.39, 0.29) is 5.71 Å². The Morgan fingerprint density at radius 1 is 1.18 bits per heavy atom. The second-order valence-corrected chi connectivity index (χ2v) is 6.19. The number of ether oxygens (including phenoxy) is 2. The molecule has 0 amide bonds. The van der Waals surface area contributed by atoms with Crippen molar-refractivity contribution in [2.45, 2.75) is 19.3 Å². The van der Waals surface area contributed by atoms with Gasteiger partial charge in [-0.25, -0.2) is 4.98 Å². The minimum Gasteiger partial charge on any atom is -0.497 e. The zero-order valence-corrected chi connectivity index (χ0v) is 16.0. The van der Waals surface area contributed by atoms with E-state index in [9.17, 15) is 4.79 Å². The van der Waals surface area contributed by atoms with Crippen LogP contribution in [-0.4, -0.2) is 40.7 Å². The van der Waals surface area contributed by atoms with Gasteiger partial charge in [0, 0.05) is 24.0 Å². The standard InChI is InChI=1S/C21H22N4O3/c1-4-15(21-24-12-17(25-21)13-7-9-23-10-8-13)19(22)20(26)16-6-5-14(27-2)11-18(16)28-3/h5-12,15,22H,4H2,1-3H3,(H,24,25). The number of carbonyl (C=O) groups is 1. The molecule has 28 heavy (non-hydrogen) atoms. The van der Waals surface area contributed by atoms with Crippen LogP contribution in [0, 0.1) is 5.41 Å². The average Bonchev–Trinajstić information content (AvgIpc) is 3.23. The largest absolute Gasteiger partial charge is 0.497 e. The van der Waals surface area contributed by atoms with Crippen LogP contribution < -0.4 is 9.47 Å². The Labute approximate surface area is 163 Å². The quantitative estimate of drug-likeness (QED) is 0.457. The van der Waals surface area contributed by atoms with Gasteiger partial charge in [0.2, 0.25) is 5.78 Å². The van der Waals surface area contributed by atoms with E-state index in [2.05, 4.69) is 15.0 Å². The van der Waals surface area contributed by atoms with Crippen LogP contribution in [0.4, 0.5) is 0 Å². The molecule has 0 aliphatic heterocycles. The van der Waals surface area contributed by atoms with Crippen molar-refractivity contribution < 1.29 is 14.3 Å². The van der Waals surface area contributed by atoms with Crippen LogP contribution in [0.25, 0.3) is 11.3 Å². The first-order valence-corrected chi connectivity index (χ1v) is 8.89. The molecule has 0 spiro atoms. The van der Waals surface area contributed by atoms with E-state index in [0.717, 1.165) is 11.3 Å². The third kappa shape index (κ3) is 3.78. The van der Waals surface area contributed by atoms with Crippen molar-refractivity contribution in [3.8, 4) is 22.8 Å². The van der Waals surface area contributed by atoms with E-state index in [1.807, 2.05) is 19.1 Å². The Morgan fingerprint density at radius 2 is 1.93 bits per heavy atom. The summed E-state index contributed by atoms with van der Waals surface area (Å²) < 4.78 is 10.5. The molecule has 1 unspecified atom stereocenters. The molecule has 0 bridgehead atoms. The molecule has 0 saturated heterocycles. The lowest BCUT2D eigenvalue weighted by Gasteiger charge is -2.15. The van der Waals surface area contributed by atoms with Gasteiger partial charge in [0.05, 0.1) is 43.3 Å². The first-order chi connectivity index (χ1) is 13.6. The zero-order valence-electron chi connectivity index (χ0n) is 16.0. The van der Waals surface area contributed by atoms with Crippen molar-refractivity contribution in [3.05, 3.63) is 60.3 Å². The van der Waals surface area contributed by atoms with Crippen molar-refractivity contribution in [3.63, 3.8) is 0 Å². The SMILES string of the molecule is CCC(C(=N)C(=O)c1ccc(OC)cc1OC)c1ncc(-c2ccncc2)[nH]1. The van der Waals surface area contributed by atoms with E-state index in [1.54, 1.807) is 43.9 Å². The first kappa shape index (κ1) is 19.3. The Hall–Kier alpha value is -3.48. The number of methoxy groups -OCH3 is 2. The molecule has 1 atom stereocenters. The van der Waals surface area contributed by atoms with E-state index in [1.165, 1.54) is 7.11 Å². The minimum atomic E-state index is -0.449. The van der Waals surface area contributed by atoms with Crippen molar-refractivity contribution >= 4 is 11.5 Å². The number of imidazole rings is 1. The fourth-order valence-electron chi connectivity index (χ4n) is 3.02. The number of Topliss-reactive ketones (excluding diaryl/α,β-unsaturated/α-hetero) is 1. The number of ketones is 1. The number of aromatic amines is 1. The summed E-state index contributed by atoms with van der Waals surface area (Å²) in [6.07, 6.45) is 5.68. The van der Waals surface area contributed by atoms with Gasteiger partial charge >= 0.3 is 0 Å². The lowest BCUT2D eigenvalue weighted by atomic mass is 9.92. The zero-order chi connectivity index (χ0) is 20.1. The lowest BCUT2D eigenvalue weighted by molar-refractivity contribution is 0.105. The fraction of sp³-hybridized carbons (Fsp3) is 0.238. The van der Waals surface area contributed by atoms with Crippen LogP contribution in [0.3, 0.4) is 0 Å². The summed E-state index contributed by atoms with van der Waals surface area (Å²) in [5.74, 6) is 0.698. The Balaban J connectivity index is 1.88. The normalized spacial score (nSPS) is 11.7. The van der Waals surface area contributed by atoms with Gasteiger partial charge in [-0.3, -0.25) is 9.78 Å². The predicted molar refractivity (Wildman–Crippen MR) is 106 cm³/mol. The molecule has 1 aromatic carbocycles. The van der Waals surface area contributed by atoms with Crippen LogP contribution in [0.1, 0.15) is 35.4 Å². The molecule has 7 nitrogen and oxygen atoms in total. The Kier molecular flexibility index (Phi) is 5.84. The molecule has 7 heteroatoms. The molecule has 2 aromatic heterocycles. The first-order valence-electron chi connectivity index (χ1n) is 8.89. The number of hydrogen-bond donors (Lipinski definition) is 2. The Bertz CT molecular complexity index is 982. The van der Waals surface area contributed by atoms with Gasteiger partial charge in [0.1, 0.15) is 17.3 Å². The highest BCUT2D eigenvalue weighted by atomic mass is 16.5. The van der Waals surface area contributed by atoms with Crippen LogP contribution >= 0.6 is 0 Å². The molecule has 2 heterocycles. The number of pyridine rings is 1. The molecule has 3 aromatic rings. The lowest BCUT2D eigenvalue weighted by Crippen LogP contribution is -2.23. The molecule has 144 valence electrons. The maximum Gasteiger partial charge on any atom is 0.210 e. The van der Waals surface area contributed by atoms with Gasteiger partial charge in [-0.05, 0) is 30.7 Å². The third-order valence-corrected chi connectivity index (χ3v) is 4.57. The molecular formula is C21H22N4O3. The van der Waals surface area contributed by atoms with Crippen LogP contribution in [0.2, 0.25) is 0 Å². The predicted octanol–water partition coefficient (Wildman–Crippen LogP) is 3.89. The van der Waals surface area contributed by atoms with Crippen LogP contribution in [0.5, 0.6) is 11.5 Å².